The molecule has 1 aliphatic heterocycles. The molecule has 1 aliphatic rings. The molecule has 0 bridgehead atoms. The maximum atomic E-state index is 16.2. The number of hydrogen-bond acceptors (Lipinski definition) is 0. The number of rotatable bonds is 3. The van der Waals surface area contributed by atoms with Crippen LogP contribution in [0, 0.1) is 39.6 Å². The van der Waals surface area contributed by atoms with Crippen LogP contribution >= 0.6 is 11.3 Å². The van der Waals surface area contributed by atoms with E-state index in [0.29, 0.717) is 10.3 Å². The fraction of sp³-hybridized carbons (Fsp3) is 0.111. The lowest BCUT2D eigenvalue weighted by Crippen LogP contribution is -2.18. The first-order valence-corrected chi connectivity index (χ1v) is 14.2. The largest absolute Gasteiger partial charge is 0.286 e. The molecule has 0 radical (unpaired) electrons. The number of para-hydroxylation sites is 1. The van der Waals surface area contributed by atoms with Crippen molar-refractivity contribution in [3.63, 3.8) is 0 Å². The molecule has 0 atom stereocenters. The number of thiophene rings is 1. The molecule has 0 fully saturated rings. The molecule has 3 heterocycles. The average Bonchev–Trinajstić information content (AvgIpc) is 3.50. The van der Waals surface area contributed by atoms with Gasteiger partial charge in [-0.1, -0.05) is 84.0 Å². The fourth-order valence-corrected chi connectivity index (χ4v) is 7.20. The van der Waals surface area contributed by atoms with Gasteiger partial charge in [-0.3, -0.25) is 8.99 Å². The van der Waals surface area contributed by atoms with Gasteiger partial charge < -0.3 is 0 Å². The van der Waals surface area contributed by atoms with Gasteiger partial charge in [0.15, 0.2) is 15.4 Å². The van der Waals surface area contributed by atoms with Gasteiger partial charge in [-0.05, 0) is 36.4 Å². The second kappa shape index (κ2) is 9.07. The summed E-state index contributed by atoms with van der Waals surface area (Å²) in [5, 5.41) is 2.04. The number of nitrogens with zero attached hydrogens (tertiary/aromatic N) is 1. The summed E-state index contributed by atoms with van der Waals surface area (Å²) >= 11 is 1.51. The molecule has 7 rings (SSSR count). The lowest BCUT2D eigenvalue weighted by molar-refractivity contribution is -0.417. The maximum absolute atomic E-state index is 16.2. The summed E-state index contributed by atoms with van der Waals surface area (Å²) in [6.07, 6.45) is 4.03. The monoisotopic (exact) mass is 541 g/mol. The van der Waals surface area contributed by atoms with Gasteiger partial charge in [0.1, 0.15) is 17.4 Å². The molecule has 196 valence electrons. The number of benzene rings is 4. The number of fused-ring (bicyclic) bond motifs is 4. The number of hydrogen-bond donors (Lipinski definition) is 0. The Labute approximate surface area is 237 Å². The molecule has 0 amide bonds. The van der Waals surface area contributed by atoms with Crippen molar-refractivity contribution in [1.82, 2.24) is 0 Å². The Morgan fingerprint density at radius 3 is 2.45 bits per heavy atom. The zero-order valence-electron chi connectivity index (χ0n) is 22.9. The van der Waals surface area contributed by atoms with Crippen molar-refractivity contribution in [2.24, 2.45) is 0 Å². The van der Waals surface area contributed by atoms with Crippen LogP contribution in [0.2, 0.25) is 0 Å². The third kappa shape index (κ3) is 3.67. The highest BCUT2D eigenvalue weighted by molar-refractivity contribution is 7.19. The normalized spacial score (nSPS) is 13.0. The average molecular weight is 542 g/mol. The Hall–Kier alpha value is -4.41. The minimum Gasteiger partial charge on any atom is -0.286 e. The number of furan rings is 1. The lowest BCUT2D eigenvalue weighted by atomic mass is 9.91. The summed E-state index contributed by atoms with van der Waals surface area (Å²) in [4.78, 5) is 1.05. The molecular formula is C36H28FNOS. The second-order valence-corrected chi connectivity index (χ2v) is 11.7. The van der Waals surface area contributed by atoms with E-state index >= 15 is 4.39 Å². The summed E-state index contributed by atoms with van der Waals surface area (Å²) < 4.78 is 25.0. The van der Waals surface area contributed by atoms with Gasteiger partial charge in [-0.15, -0.1) is 35.9 Å². The Kier molecular flexibility index (Phi) is 5.58. The molecule has 0 saturated carbocycles. The maximum Gasteiger partial charge on any atom is 0.278 e. The van der Waals surface area contributed by atoms with E-state index in [-0.39, 0.29) is 5.82 Å². The van der Waals surface area contributed by atoms with E-state index in [4.69, 9.17) is 4.42 Å². The van der Waals surface area contributed by atoms with Crippen molar-refractivity contribution >= 4 is 45.2 Å². The molecule has 0 aliphatic carbocycles. The first kappa shape index (κ1) is 24.6. The zero-order chi connectivity index (χ0) is 27.7. The topological polar surface area (TPSA) is 14.3 Å². The van der Waals surface area contributed by atoms with Gasteiger partial charge in [-0.25, -0.2) is 4.39 Å². The molecule has 4 heteroatoms. The molecule has 6 aromatic rings. The van der Waals surface area contributed by atoms with Crippen molar-refractivity contribution in [2.75, 3.05) is 0 Å². The highest BCUT2D eigenvalue weighted by Gasteiger charge is 2.32. The molecule has 0 unspecified atom stereocenters. The predicted molar refractivity (Wildman–Crippen MR) is 166 cm³/mol. The first-order valence-electron chi connectivity index (χ1n) is 13.4. The van der Waals surface area contributed by atoms with Crippen molar-refractivity contribution < 1.29 is 13.4 Å². The van der Waals surface area contributed by atoms with Gasteiger partial charge in [0.05, 0.1) is 12.9 Å². The zero-order valence-corrected chi connectivity index (χ0v) is 23.7. The summed E-state index contributed by atoms with van der Waals surface area (Å²) in [6.45, 7) is 12.7. The summed E-state index contributed by atoms with van der Waals surface area (Å²) in [5.74, 6) is 0.661. The van der Waals surface area contributed by atoms with Crippen LogP contribution < -0.4 is 0 Å². The molecule has 0 saturated heterocycles. The molecule has 4 aromatic carbocycles. The van der Waals surface area contributed by atoms with E-state index in [1.54, 1.807) is 0 Å². The van der Waals surface area contributed by atoms with Gasteiger partial charge in [-0.2, -0.15) is 0 Å². The van der Waals surface area contributed by atoms with Gasteiger partial charge in [0.2, 0.25) is 0 Å². The summed E-state index contributed by atoms with van der Waals surface area (Å²) in [6, 6.07) is 25.4. The minimum absolute atomic E-state index is 0.190. The van der Waals surface area contributed by atoms with E-state index in [1.807, 2.05) is 65.4 Å². The predicted octanol–water partition coefficient (Wildman–Crippen LogP) is 9.98. The fourth-order valence-electron chi connectivity index (χ4n) is 5.89. The second-order valence-electron chi connectivity index (χ2n) is 10.7. The van der Waals surface area contributed by atoms with Crippen molar-refractivity contribution in [3.8, 4) is 22.5 Å². The molecule has 0 spiro atoms. The summed E-state index contributed by atoms with van der Waals surface area (Å²) in [7, 11) is 0. The standard InChI is InChI=1S/C36H28FNOS/c1-20-18-21(2)22(3)30(19-20)33-36-29(16-17-38(33)5)28-15-14-27(32(37)35(28)40-36)24-10-12-25(13-11-24)34-23(4)26-8-6-7-9-31(26)39-34/h6-19H,5H2,1-4H3. The first-order chi connectivity index (χ1) is 19.3. The van der Waals surface area contributed by atoms with Crippen LogP contribution in [0.1, 0.15) is 38.3 Å². The van der Waals surface area contributed by atoms with E-state index in [1.165, 1.54) is 28.0 Å². The van der Waals surface area contributed by atoms with E-state index < -0.39 is 0 Å². The SMILES string of the molecule is C=[N+]1C=Cc2c3ccc(-c4ccc(-c5[o+][c-]6ccccc6c5C)cc4)c(F)c3[s+][c-]2[C-]1c1cc(C)cc(C)c1C. The highest BCUT2D eigenvalue weighted by Crippen LogP contribution is 2.45. The molecule has 0 N–H and O–H groups in total. The molecule has 40 heavy (non-hydrogen) atoms. The number of aryl methyl sites for hydroxylation is 3. The van der Waals surface area contributed by atoms with Crippen LogP contribution in [0.5, 0.6) is 0 Å². The van der Waals surface area contributed by atoms with Crippen molar-refractivity contribution in [2.45, 2.75) is 27.7 Å². The van der Waals surface area contributed by atoms with Crippen LogP contribution in [0.3, 0.4) is 0 Å². The van der Waals surface area contributed by atoms with Crippen LogP contribution in [-0.4, -0.2) is 11.3 Å². The number of halogens is 1. The van der Waals surface area contributed by atoms with Gasteiger partial charge in [0, 0.05) is 11.1 Å². The Bertz CT molecular complexity index is 2020. The van der Waals surface area contributed by atoms with Gasteiger partial charge in [0.25, 0.3) is 11.3 Å². The third-order valence-corrected chi connectivity index (χ3v) is 9.35. The van der Waals surface area contributed by atoms with E-state index in [2.05, 4.69) is 58.7 Å². The molecule has 2 aromatic heterocycles. The van der Waals surface area contributed by atoms with Crippen LogP contribution in [0.25, 0.3) is 49.6 Å². The Morgan fingerprint density at radius 1 is 0.900 bits per heavy atom. The third-order valence-electron chi connectivity index (χ3n) is 8.13. The van der Waals surface area contributed by atoms with Crippen molar-refractivity contribution in [1.29, 1.82) is 0 Å². The van der Waals surface area contributed by atoms with Crippen LogP contribution in [0.15, 0.2) is 83.4 Å². The summed E-state index contributed by atoms with van der Waals surface area (Å²) in [5.41, 5.74) is 10.2. The quantitative estimate of drug-likeness (QED) is 0.124. The lowest BCUT2D eigenvalue weighted by Gasteiger charge is -2.25. The van der Waals surface area contributed by atoms with E-state index in [0.717, 1.165) is 60.9 Å². The Balaban J connectivity index is 1.31. The van der Waals surface area contributed by atoms with Gasteiger partial charge >= 0.3 is 0 Å². The molecule has 2 nitrogen and oxygen atoms in total. The smallest absolute Gasteiger partial charge is 0.278 e. The van der Waals surface area contributed by atoms with Crippen molar-refractivity contribution in [3.05, 3.63) is 129 Å². The van der Waals surface area contributed by atoms with Crippen LogP contribution in [0.4, 0.5) is 4.39 Å². The molecular weight excluding hydrogens is 513 g/mol. The minimum atomic E-state index is -0.190. The Morgan fingerprint density at radius 2 is 1.68 bits per heavy atom. The van der Waals surface area contributed by atoms with E-state index in [9.17, 15) is 0 Å². The van der Waals surface area contributed by atoms with Crippen LogP contribution in [-0.2, 0) is 0 Å². The highest BCUT2D eigenvalue weighted by atomic mass is 32.1.